The van der Waals surface area contributed by atoms with Crippen molar-refractivity contribution in [3.63, 3.8) is 0 Å². The van der Waals surface area contributed by atoms with Crippen LogP contribution in [0.25, 0.3) is 0 Å². The van der Waals surface area contributed by atoms with Crippen molar-refractivity contribution in [3.05, 3.63) is 11.1 Å². The second-order valence-electron chi connectivity index (χ2n) is 4.23. The molecule has 68 valence electrons. The summed E-state index contributed by atoms with van der Waals surface area (Å²) < 4.78 is 0. The fourth-order valence-electron chi connectivity index (χ4n) is 2.87. The van der Waals surface area contributed by atoms with Crippen LogP contribution in [-0.2, 0) is 0 Å². The van der Waals surface area contributed by atoms with Crippen molar-refractivity contribution in [1.82, 2.24) is 0 Å². The Bertz CT molecular complexity index is 210. The molecule has 2 nitrogen and oxygen atoms in total. The fourth-order valence-corrected chi connectivity index (χ4v) is 2.87. The molecule has 2 aliphatic carbocycles. The van der Waals surface area contributed by atoms with Gasteiger partial charge in [-0.3, -0.25) is 0 Å². The molecule has 4 atom stereocenters. The SMILES string of the molecule is CC(C)=C1[C@H]2CC[C@H]1[C@H](O)[C@H]2O. The normalized spacial score (nSPS) is 45.5. The van der Waals surface area contributed by atoms with E-state index in [1.54, 1.807) is 0 Å². The van der Waals surface area contributed by atoms with Crippen molar-refractivity contribution >= 4 is 0 Å². The Hall–Kier alpha value is -0.340. The molecule has 0 spiro atoms. The molecule has 0 aliphatic heterocycles. The fraction of sp³-hybridized carbons (Fsp3) is 0.800. The first-order valence-corrected chi connectivity index (χ1v) is 4.66. The molecule has 0 saturated heterocycles. The first kappa shape index (κ1) is 8.27. The zero-order chi connectivity index (χ0) is 8.88. The van der Waals surface area contributed by atoms with Gasteiger partial charge in [0.15, 0.2) is 0 Å². The van der Waals surface area contributed by atoms with Crippen molar-refractivity contribution in [1.29, 1.82) is 0 Å². The second kappa shape index (κ2) is 2.57. The summed E-state index contributed by atoms with van der Waals surface area (Å²) in [5.74, 6) is 0.519. The van der Waals surface area contributed by atoms with Gasteiger partial charge in [-0.15, -0.1) is 0 Å². The number of fused-ring (bicyclic) bond motifs is 2. The van der Waals surface area contributed by atoms with Gasteiger partial charge in [0.05, 0.1) is 12.2 Å². The molecule has 2 N–H and O–H groups in total. The first-order valence-electron chi connectivity index (χ1n) is 4.66. The van der Waals surface area contributed by atoms with Crippen LogP contribution < -0.4 is 0 Å². The van der Waals surface area contributed by atoms with Crippen LogP contribution in [0, 0.1) is 11.8 Å². The first-order chi connectivity index (χ1) is 5.63. The summed E-state index contributed by atoms with van der Waals surface area (Å²) in [5, 5.41) is 19.2. The Balaban J connectivity index is 2.37. The zero-order valence-corrected chi connectivity index (χ0v) is 7.62. The maximum absolute atomic E-state index is 9.62. The maximum atomic E-state index is 9.62. The quantitative estimate of drug-likeness (QED) is 0.531. The van der Waals surface area contributed by atoms with E-state index < -0.39 is 12.2 Å². The molecule has 12 heavy (non-hydrogen) atoms. The number of aliphatic hydroxyl groups excluding tert-OH is 2. The molecule has 2 fully saturated rings. The number of rotatable bonds is 0. The van der Waals surface area contributed by atoms with Crippen LogP contribution in [0.4, 0.5) is 0 Å². The van der Waals surface area contributed by atoms with Gasteiger partial charge in [-0.1, -0.05) is 11.1 Å². The molecule has 0 unspecified atom stereocenters. The Labute approximate surface area is 72.9 Å². The molecule has 0 aromatic heterocycles. The van der Waals surface area contributed by atoms with Crippen LogP contribution in [0.1, 0.15) is 26.7 Å². The lowest BCUT2D eigenvalue weighted by Crippen LogP contribution is -2.31. The van der Waals surface area contributed by atoms with E-state index in [1.165, 1.54) is 11.1 Å². The van der Waals surface area contributed by atoms with E-state index in [9.17, 15) is 10.2 Å². The monoisotopic (exact) mass is 168 g/mol. The van der Waals surface area contributed by atoms with Gasteiger partial charge in [0, 0.05) is 11.8 Å². The van der Waals surface area contributed by atoms with Crippen LogP contribution in [0.2, 0.25) is 0 Å². The van der Waals surface area contributed by atoms with E-state index in [2.05, 4.69) is 13.8 Å². The smallest absolute Gasteiger partial charge is 0.0870 e. The van der Waals surface area contributed by atoms with Crippen LogP contribution in [0.3, 0.4) is 0 Å². The summed E-state index contributed by atoms with van der Waals surface area (Å²) in [4.78, 5) is 0. The van der Waals surface area contributed by atoms with Gasteiger partial charge in [-0.25, -0.2) is 0 Å². The Morgan fingerprint density at radius 1 is 1.08 bits per heavy atom. The van der Waals surface area contributed by atoms with Gasteiger partial charge >= 0.3 is 0 Å². The minimum atomic E-state index is -0.492. The number of allylic oxidation sites excluding steroid dienone is 1. The number of hydrogen-bond donors (Lipinski definition) is 2. The van der Waals surface area contributed by atoms with Crippen molar-refractivity contribution in [3.8, 4) is 0 Å². The highest BCUT2D eigenvalue weighted by Gasteiger charge is 2.50. The summed E-state index contributed by atoms with van der Waals surface area (Å²) in [7, 11) is 0. The number of aliphatic hydroxyl groups is 2. The largest absolute Gasteiger partial charge is 0.390 e. The van der Waals surface area contributed by atoms with Gasteiger partial charge in [0.2, 0.25) is 0 Å². The topological polar surface area (TPSA) is 40.5 Å². The average Bonchev–Trinajstić information content (AvgIpc) is 2.51. The minimum Gasteiger partial charge on any atom is -0.390 e. The Kier molecular flexibility index (Phi) is 1.77. The average molecular weight is 168 g/mol. The predicted octanol–water partition coefficient (Wildman–Crippen LogP) is 1.08. The molecular weight excluding hydrogens is 152 g/mol. The zero-order valence-electron chi connectivity index (χ0n) is 7.62. The van der Waals surface area contributed by atoms with Gasteiger partial charge < -0.3 is 10.2 Å². The second-order valence-corrected chi connectivity index (χ2v) is 4.23. The molecule has 0 heterocycles. The molecule has 2 saturated carbocycles. The van der Waals surface area contributed by atoms with Crippen molar-refractivity contribution in [2.45, 2.75) is 38.9 Å². The van der Waals surface area contributed by atoms with Crippen LogP contribution in [-0.4, -0.2) is 22.4 Å². The van der Waals surface area contributed by atoms with E-state index in [1.807, 2.05) is 0 Å². The highest BCUT2D eigenvalue weighted by Crippen LogP contribution is 2.50. The van der Waals surface area contributed by atoms with E-state index in [-0.39, 0.29) is 11.8 Å². The third-order valence-electron chi connectivity index (χ3n) is 3.34. The number of hydrogen-bond acceptors (Lipinski definition) is 2. The van der Waals surface area contributed by atoms with Crippen molar-refractivity contribution in [2.75, 3.05) is 0 Å². The molecule has 2 bridgehead atoms. The maximum Gasteiger partial charge on any atom is 0.0870 e. The lowest BCUT2D eigenvalue weighted by atomic mass is 9.95. The Morgan fingerprint density at radius 2 is 1.50 bits per heavy atom. The van der Waals surface area contributed by atoms with E-state index >= 15 is 0 Å². The van der Waals surface area contributed by atoms with Crippen LogP contribution in [0.5, 0.6) is 0 Å². The third-order valence-corrected chi connectivity index (χ3v) is 3.34. The highest BCUT2D eigenvalue weighted by atomic mass is 16.3. The summed E-state index contributed by atoms with van der Waals surface area (Å²) in [6.45, 7) is 4.15. The van der Waals surface area contributed by atoms with E-state index in [0.717, 1.165) is 12.8 Å². The molecule has 0 aromatic rings. The molecule has 0 radical (unpaired) electrons. The highest BCUT2D eigenvalue weighted by molar-refractivity contribution is 5.29. The summed E-state index contributed by atoms with van der Waals surface area (Å²) in [6, 6.07) is 0. The van der Waals surface area contributed by atoms with Gasteiger partial charge in [-0.05, 0) is 26.7 Å². The van der Waals surface area contributed by atoms with Crippen LogP contribution in [0.15, 0.2) is 11.1 Å². The van der Waals surface area contributed by atoms with E-state index in [4.69, 9.17) is 0 Å². The van der Waals surface area contributed by atoms with Crippen LogP contribution >= 0.6 is 0 Å². The third kappa shape index (κ3) is 0.882. The molecule has 2 rings (SSSR count). The summed E-state index contributed by atoms with van der Waals surface area (Å²) in [6.07, 6.45) is 1.13. The molecular formula is C10H16O2. The molecule has 2 heteroatoms. The standard InChI is InChI=1S/C10H16O2/c1-5(2)8-6-3-4-7(8)10(12)9(6)11/h6-7,9-12H,3-4H2,1-2H3/t6-,7-,9+,10+/m1/s1. The molecule has 0 aromatic carbocycles. The summed E-state index contributed by atoms with van der Waals surface area (Å²) in [5.41, 5.74) is 2.62. The van der Waals surface area contributed by atoms with E-state index in [0.29, 0.717) is 0 Å². The van der Waals surface area contributed by atoms with Gasteiger partial charge in [-0.2, -0.15) is 0 Å². The lowest BCUT2D eigenvalue weighted by molar-refractivity contribution is -0.0160. The van der Waals surface area contributed by atoms with Gasteiger partial charge in [0.1, 0.15) is 0 Å². The molecule has 0 amide bonds. The van der Waals surface area contributed by atoms with Crippen molar-refractivity contribution in [2.24, 2.45) is 11.8 Å². The van der Waals surface area contributed by atoms with Crippen molar-refractivity contribution < 1.29 is 10.2 Å². The summed E-state index contributed by atoms with van der Waals surface area (Å²) >= 11 is 0. The van der Waals surface area contributed by atoms with Gasteiger partial charge in [0.25, 0.3) is 0 Å². The molecule has 2 aliphatic rings. The minimum absolute atomic E-state index is 0.259. The Morgan fingerprint density at radius 3 is 1.75 bits per heavy atom. The predicted molar refractivity (Wildman–Crippen MR) is 46.6 cm³/mol. The lowest BCUT2D eigenvalue weighted by Gasteiger charge is -2.20.